The molecule has 0 spiro atoms. The zero-order valence-corrected chi connectivity index (χ0v) is 25.5. The summed E-state index contributed by atoms with van der Waals surface area (Å²) in [5.74, 6) is 5.95. The molecule has 0 aliphatic carbocycles. The van der Waals surface area contributed by atoms with Gasteiger partial charge in [-0.1, -0.05) is 41.8 Å². The average molecular weight is 598 g/mol. The van der Waals surface area contributed by atoms with E-state index in [1.54, 1.807) is 11.8 Å². The van der Waals surface area contributed by atoms with Gasteiger partial charge in [0.1, 0.15) is 12.4 Å². The number of benzene rings is 2. The Balaban J connectivity index is 1.34. The summed E-state index contributed by atoms with van der Waals surface area (Å²) in [6.07, 6.45) is 3.24. The predicted molar refractivity (Wildman–Crippen MR) is 168 cm³/mol. The molecule has 2 unspecified atom stereocenters. The molecule has 2 fully saturated rings. The third-order valence-corrected chi connectivity index (χ3v) is 9.19. The number of nitrogens with zero attached hydrogens (tertiary/aromatic N) is 7. The number of carbonyl (C=O) groups is 1. The number of likely N-dealkylation sites (N-methyl/N-ethyl adjacent to an activating group) is 1. The third kappa shape index (κ3) is 5.93. The van der Waals surface area contributed by atoms with E-state index in [0.29, 0.717) is 44.8 Å². The van der Waals surface area contributed by atoms with Crippen molar-refractivity contribution in [2.24, 2.45) is 0 Å². The molecule has 222 valence electrons. The lowest BCUT2D eigenvalue weighted by atomic mass is 10.0. The first-order valence-electron chi connectivity index (χ1n) is 15.0. The first-order valence-corrected chi connectivity index (χ1v) is 15.3. The van der Waals surface area contributed by atoms with Crippen LogP contribution in [0.5, 0.6) is 6.01 Å². The zero-order chi connectivity index (χ0) is 29.9. The number of piperazine rings is 1. The molecule has 10 heteroatoms. The number of hydrogen-bond donors (Lipinski definition) is 0. The monoisotopic (exact) mass is 597 g/mol. The van der Waals surface area contributed by atoms with Gasteiger partial charge in [-0.3, -0.25) is 4.79 Å². The Morgan fingerprint density at radius 1 is 1.09 bits per heavy atom. The number of anilines is 2. The van der Waals surface area contributed by atoms with E-state index >= 15 is 0 Å². The SMILES string of the molecule is CC#CC(=O)N1CCN(c2nc(OCC3CCCN3C)nc3c2CCN(c2cccc4cccc(Cl)c24)C3)CC1CC#N. The Kier molecular flexibility index (Phi) is 8.56. The summed E-state index contributed by atoms with van der Waals surface area (Å²) in [6, 6.07) is 15.0. The summed E-state index contributed by atoms with van der Waals surface area (Å²) >= 11 is 6.70. The number of carbonyl (C=O) groups excluding carboxylic acids is 1. The maximum atomic E-state index is 12.7. The fourth-order valence-corrected chi connectivity index (χ4v) is 6.87. The number of amides is 1. The highest BCUT2D eigenvalue weighted by atomic mass is 35.5. The summed E-state index contributed by atoms with van der Waals surface area (Å²) < 4.78 is 6.29. The topological polar surface area (TPSA) is 88.8 Å². The molecular weight excluding hydrogens is 562 g/mol. The van der Waals surface area contributed by atoms with Gasteiger partial charge in [0.2, 0.25) is 0 Å². The molecule has 0 N–H and O–H groups in total. The standard InChI is InChI=1S/C33H36ClN7O2/c1-3-7-30(42)41-19-18-40(20-24(41)13-15-35)32-26-14-17-39(29-12-5-9-23-8-4-11-27(34)31(23)29)21-28(26)36-33(37-32)43-22-25-10-6-16-38(25)2/h4-5,8-9,11-12,24-25H,6,10,13-14,16-22H2,1-2H3. The van der Waals surface area contributed by atoms with Crippen molar-refractivity contribution in [3.63, 3.8) is 0 Å². The van der Waals surface area contributed by atoms with Gasteiger partial charge in [-0.05, 0) is 63.2 Å². The largest absolute Gasteiger partial charge is 0.462 e. The first-order chi connectivity index (χ1) is 21.0. The summed E-state index contributed by atoms with van der Waals surface area (Å²) in [5, 5.41) is 12.4. The molecule has 1 amide bonds. The Hall–Kier alpha value is -4.05. The van der Waals surface area contributed by atoms with Gasteiger partial charge in [-0.15, -0.1) is 0 Å². The number of nitriles is 1. The van der Waals surface area contributed by atoms with Crippen molar-refractivity contribution in [3.8, 4) is 23.9 Å². The van der Waals surface area contributed by atoms with Crippen LogP contribution < -0.4 is 14.5 Å². The molecule has 2 aromatic carbocycles. The van der Waals surface area contributed by atoms with E-state index < -0.39 is 0 Å². The molecule has 3 aliphatic rings. The van der Waals surface area contributed by atoms with Crippen molar-refractivity contribution in [2.45, 2.75) is 51.2 Å². The molecular formula is C33H36ClN7O2. The van der Waals surface area contributed by atoms with E-state index in [4.69, 9.17) is 26.3 Å². The van der Waals surface area contributed by atoms with Crippen molar-refractivity contribution in [1.82, 2.24) is 19.8 Å². The molecule has 43 heavy (non-hydrogen) atoms. The number of likely N-dealkylation sites (tertiary alicyclic amines) is 1. The van der Waals surface area contributed by atoms with Crippen LogP contribution in [0.2, 0.25) is 5.02 Å². The van der Waals surface area contributed by atoms with Gasteiger partial charge < -0.3 is 24.3 Å². The van der Waals surface area contributed by atoms with Crippen molar-refractivity contribution >= 4 is 39.8 Å². The van der Waals surface area contributed by atoms with Crippen molar-refractivity contribution < 1.29 is 9.53 Å². The van der Waals surface area contributed by atoms with Crippen LogP contribution >= 0.6 is 11.6 Å². The van der Waals surface area contributed by atoms with E-state index in [1.165, 1.54) is 0 Å². The second-order valence-corrected chi connectivity index (χ2v) is 11.9. The molecule has 9 nitrogen and oxygen atoms in total. The van der Waals surface area contributed by atoms with Crippen LogP contribution in [-0.4, -0.2) is 84.1 Å². The van der Waals surface area contributed by atoms with Crippen molar-refractivity contribution in [1.29, 1.82) is 5.26 Å². The summed E-state index contributed by atoms with van der Waals surface area (Å²) in [6.45, 7) is 6.21. The summed E-state index contributed by atoms with van der Waals surface area (Å²) in [7, 11) is 2.13. The lowest BCUT2D eigenvalue weighted by molar-refractivity contribution is -0.127. The van der Waals surface area contributed by atoms with Gasteiger partial charge in [-0.25, -0.2) is 0 Å². The van der Waals surface area contributed by atoms with Gasteiger partial charge in [-0.2, -0.15) is 15.2 Å². The predicted octanol–water partition coefficient (Wildman–Crippen LogP) is 4.27. The molecule has 6 rings (SSSR count). The molecule has 3 aliphatic heterocycles. The average Bonchev–Trinajstić information content (AvgIpc) is 3.43. The molecule has 2 saturated heterocycles. The normalized spacial score (nSPS) is 20.4. The lowest BCUT2D eigenvalue weighted by Crippen LogP contribution is -2.55. The Morgan fingerprint density at radius 2 is 1.93 bits per heavy atom. The maximum Gasteiger partial charge on any atom is 0.318 e. The highest BCUT2D eigenvalue weighted by Crippen LogP contribution is 2.37. The number of aromatic nitrogens is 2. The smallest absolute Gasteiger partial charge is 0.318 e. The minimum Gasteiger partial charge on any atom is -0.462 e. The molecule has 0 saturated carbocycles. The fourth-order valence-electron chi connectivity index (χ4n) is 6.59. The number of fused-ring (bicyclic) bond motifs is 2. The van der Waals surface area contributed by atoms with Crippen LogP contribution in [0.3, 0.4) is 0 Å². The quantitative estimate of drug-likeness (QED) is 0.389. The number of ether oxygens (including phenoxy) is 1. The van der Waals surface area contributed by atoms with E-state index in [2.05, 4.69) is 63.9 Å². The van der Waals surface area contributed by atoms with E-state index in [9.17, 15) is 10.1 Å². The van der Waals surface area contributed by atoms with E-state index in [-0.39, 0.29) is 18.4 Å². The minimum absolute atomic E-state index is 0.230. The van der Waals surface area contributed by atoms with Gasteiger partial charge in [0.15, 0.2) is 0 Å². The number of halogens is 1. The molecule has 4 heterocycles. The first kappa shape index (κ1) is 29.0. The van der Waals surface area contributed by atoms with Crippen molar-refractivity contribution in [3.05, 3.63) is 52.7 Å². The summed E-state index contributed by atoms with van der Waals surface area (Å²) in [5.41, 5.74) is 3.11. The molecule has 0 bridgehead atoms. The van der Waals surface area contributed by atoms with Crippen LogP contribution in [-0.2, 0) is 17.8 Å². The Labute approximate surface area is 258 Å². The van der Waals surface area contributed by atoms with E-state index in [0.717, 1.165) is 70.9 Å². The number of rotatable bonds is 6. The van der Waals surface area contributed by atoms with Gasteiger partial charge >= 0.3 is 6.01 Å². The highest BCUT2D eigenvalue weighted by molar-refractivity contribution is 6.36. The van der Waals surface area contributed by atoms with Crippen LogP contribution in [0.15, 0.2) is 36.4 Å². The van der Waals surface area contributed by atoms with Gasteiger partial charge in [0, 0.05) is 48.9 Å². The van der Waals surface area contributed by atoms with Crippen LogP contribution in [0.4, 0.5) is 11.5 Å². The number of hydrogen-bond acceptors (Lipinski definition) is 8. The molecule has 0 radical (unpaired) electrons. The van der Waals surface area contributed by atoms with Gasteiger partial charge in [0.05, 0.1) is 35.8 Å². The second kappa shape index (κ2) is 12.7. The minimum atomic E-state index is -0.271. The third-order valence-electron chi connectivity index (χ3n) is 8.87. The van der Waals surface area contributed by atoms with E-state index in [1.807, 2.05) is 12.1 Å². The summed E-state index contributed by atoms with van der Waals surface area (Å²) in [4.78, 5) is 31.2. The van der Waals surface area contributed by atoms with Crippen molar-refractivity contribution in [2.75, 3.05) is 56.2 Å². The zero-order valence-electron chi connectivity index (χ0n) is 24.7. The highest BCUT2D eigenvalue weighted by Gasteiger charge is 2.34. The maximum absolute atomic E-state index is 12.7. The Bertz CT molecular complexity index is 1620. The molecule has 1 aromatic heterocycles. The molecule has 2 atom stereocenters. The Morgan fingerprint density at radius 3 is 2.70 bits per heavy atom. The molecule has 3 aromatic rings. The lowest BCUT2D eigenvalue weighted by Gasteiger charge is -2.41. The fraction of sp³-hybridized carbons (Fsp3) is 0.455. The van der Waals surface area contributed by atoms with Crippen LogP contribution in [0.25, 0.3) is 10.8 Å². The van der Waals surface area contributed by atoms with Crippen LogP contribution in [0.1, 0.15) is 37.4 Å². The second-order valence-electron chi connectivity index (χ2n) is 11.5. The van der Waals surface area contributed by atoms with Crippen LogP contribution in [0, 0.1) is 23.2 Å². The van der Waals surface area contributed by atoms with Gasteiger partial charge in [0.25, 0.3) is 5.91 Å².